The van der Waals surface area contributed by atoms with E-state index in [1.165, 1.54) is 10.8 Å². The zero-order valence-electron chi connectivity index (χ0n) is 18.5. The predicted octanol–water partition coefficient (Wildman–Crippen LogP) is 3.27. The molecule has 37 heavy (non-hydrogen) atoms. The molecular formula is C25H14N4O8. The Labute approximate surface area is 205 Å². The van der Waals surface area contributed by atoms with Gasteiger partial charge < -0.3 is 25.3 Å². The van der Waals surface area contributed by atoms with Gasteiger partial charge in [0.05, 0.1) is 22.3 Å². The molecule has 6 rings (SSSR count). The summed E-state index contributed by atoms with van der Waals surface area (Å²) in [6.07, 6.45) is 3.77. The van der Waals surface area contributed by atoms with E-state index in [1.54, 1.807) is 0 Å². The van der Waals surface area contributed by atoms with Gasteiger partial charge in [0.1, 0.15) is 17.1 Å². The lowest BCUT2D eigenvalue weighted by Crippen LogP contribution is -2.25. The Kier molecular flexibility index (Phi) is 5.33. The molecule has 12 nitrogen and oxygen atoms in total. The lowest BCUT2D eigenvalue weighted by atomic mass is 9.88. The quantitative estimate of drug-likeness (QED) is 0.230. The minimum absolute atomic E-state index is 0.200. The number of benzene rings is 1. The second-order valence-corrected chi connectivity index (χ2v) is 7.90. The maximum Gasteiger partial charge on any atom is 0.354 e. The molecule has 4 aromatic heterocycles. The van der Waals surface area contributed by atoms with Crippen molar-refractivity contribution in [3.8, 4) is 11.3 Å². The standard InChI is InChI=1S/C14H6N2O8.C11H8N2/c17-10-4-2-6(14(23)24)15-8(4)7-3(12(19)20)1-5(13(21)22)16-9(7)11(10)18;1-2-8-3-4-10-9(5-7-12-10)11(8)13-6-1/h1-2,15H,(H,19,20)(H,21,22)(H,23,24);1-7,12H. The Hall–Kier alpha value is -5.65. The second-order valence-electron chi connectivity index (χ2n) is 7.90. The monoisotopic (exact) mass is 498 g/mol. The summed E-state index contributed by atoms with van der Waals surface area (Å²) in [5.74, 6) is -6.87. The molecule has 5 aromatic rings. The number of rotatable bonds is 3. The summed E-state index contributed by atoms with van der Waals surface area (Å²) in [7, 11) is 0. The highest BCUT2D eigenvalue weighted by Gasteiger charge is 2.38. The summed E-state index contributed by atoms with van der Waals surface area (Å²) in [6.45, 7) is 0. The van der Waals surface area contributed by atoms with Crippen LogP contribution < -0.4 is 0 Å². The van der Waals surface area contributed by atoms with Crippen LogP contribution in [-0.2, 0) is 0 Å². The Morgan fingerprint density at radius 2 is 1.65 bits per heavy atom. The summed E-state index contributed by atoms with van der Waals surface area (Å²) in [4.78, 5) is 71.2. The highest BCUT2D eigenvalue weighted by Crippen LogP contribution is 2.35. The first-order chi connectivity index (χ1) is 17.7. The summed E-state index contributed by atoms with van der Waals surface area (Å²) in [5, 5.41) is 29.6. The number of nitrogens with one attached hydrogen (secondary N) is 2. The highest BCUT2D eigenvalue weighted by atomic mass is 16.4. The maximum absolute atomic E-state index is 12.1. The SMILES string of the molecule is O=C(O)c1cc(C(=O)O)c2c(n1)C(=O)C(=O)c1cc(C(=O)O)[nH]c1-2.c1cnc2c(c1)ccc1[nH]ccc12. The highest BCUT2D eigenvalue weighted by molar-refractivity contribution is 6.52. The van der Waals surface area contributed by atoms with Gasteiger partial charge in [0, 0.05) is 34.2 Å². The molecule has 12 heteroatoms. The van der Waals surface area contributed by atoms with Crippen LogP contribution in [0.2, 0.25) is 0 Å². The van der Waals surface area contributed by atoms with Gasteiger partial charge in [-0.15, -0.1) is 0 Å². The van der Waals surface area contributed by atoms with Gasteiger partial charge >= 0.3 is 17.9 Å². The Bertz CT molecular complexity index is 1810. The number of carboxylic acid groups (broad SMARTS) is 3. The Balaban J connectivity index is 0.000000179. The van der Waals surface area contributed by atoms with Gasteiger partial charge in [0.2, 0.25) is 5.78 Å². The molecule has 0 saturated carbocycles. The molecular weight excluding hydrogens is 484 g/mol. The van der Waals surface area contributed by atoms with Crippen LogP contribution in [0.4, 0.5) is 0 Å². The summed E-state index contributed by atoms with van der Waals surface area (Å²) >= 11 is 0. The van der Waals surface area contributed by atoms with Gasteiger partial charge in [-0.3, -0.25) is 14.6 Å². The van der Waals surface area contributed by atoms with Gasteiger partial charge in [-0.25, -0.2) is 19.4 Å². The first kappa shape index (κ1) is 23.1. The van der Waals surface area contributed by atoms with Gasteiger partial charge in [0.15, 0.2) is 0 Å². The van der Waals surface area contributed by atoms with Crippen molar-refractivity contribution in [3.05, 3.63) is 83.1 Å². The van der Waals surface area contributed by atoms with Crippen molar-refractivity contribution in [2.45, 2.75) is 0 Å². The zero-order valence-corrected chi connectivity index (χ0v) is 18.5. The number of H-pyrrole nitrogens is 2. The molecule has 0 amide bonds. The molecule has 1 aromatic carbocycles. The van der Waals surface area contributed by atoms with E-state index in [0.717, 1.165) is 23.2 Å². The first-order valence-electron chi connectivity index (χ1n) is 10.6. The van der Waals surface area contributed by atoms with E-state index in [1.807, 2.05) is 18.5 Å². The molecule has 0 saturated heterocycles. The third-order valence-corrected chi connectivity index (χ3v) is 5.74. The minimum atomic E-state index is -1.58. The third-order valence-electron chi connectivity index (χ3n) is 5.74. The van der Waals surface area contributed by atoms with Crippen molar-refractivity contribution in [1.82, 2.24) is 19.9 Å². The second kappa shape index (κ2) is 8.53. The van der Waals surface area contributed by atoms with E-state index in [2.05, 4.69) is 44.2 Å². The molecule has 1 aliphatic rings. The fraction of sp³-hybridized carbons (Fsp3) is 0. The number of aromatic carboxylic acids is 3. The molecule has 1 aliphatic carbocycles. The number of carbonyl (C=O) groups excluding carboxylic acids is 2. The molecule has 0 fully saturated rings. The number of carbonyl (C=O) groups is 5. The molecule has 5 N–H and O–H groups in total. The fourth-order valence-corrected chi connectivity index (χ4v) is 4.09. The normalized spacial score (nSPS) is 12.0. The van der Waals surface area contributed by atoms with Crippen molar-refractivity contribution in [1.29, 1.82) is 0 Å². The van der Waals surface area contributed by atoms with Crippen LogP contribution in [0, 0.1) is 0 Å². The molecule has 0 unspecified atom stereocenters. The van der Waals surface area contributed by atoms with Crippen LogP contribution in [-0.4, -0.2) is 64.7 Å². The molecule has 0 spiro atoms. The first-order valence-corrected chi connectivity index (χ1v) is 10.6. The van der Waals surface area contributed by atoms with Crippen LogP contribution in [0.15, 0.2) is 54.9 Å². The smallest absolute Gasteiger partial charge is 0.354 e. The number of pyridine rings is 2. The molecule has 182 valence electrons. The summed E-state index contributed by atoms with van der Waals surface area (Å²) in [5.41, 5.74) is -0.992. The number of aromatic amines is 2. The number of hydrogen-bond donors (Lipinski definition) is 5. The van der Waals surface area contributed by atoms with Crippen LogP contribution in [0.5, 0.6) is 0 Å². The number of ketones is 2. The lowest BCUT2D eigenvalue weighted by molar-refractivity contribution is 0.0677. The maximum atomic E-state index is 12.1. The Morgan fingerprint density at radius 3 is 2.35 bits per heavy atom. The number of aromatic nitrogens is 4. The molecule has 0 atom stereocenters. The van der Waals surface area contributed by atoms with Crippen molar-refractivity contribution in [2.75, 3.05) is 0 Å². The van der Waals surface area contributed by atoms with Crippen molar-refractivity contribution >= 4 is 51.3 Å². The fourth-order valence-electron chi connectivity index (χ4n) is 4.09. The van der Waals surface area contributed by atoms with Crippen molar-refractivity contribution < 1.29 is 39.3 Å². The van der Waals surface area contributed by atoms with Crippen molar-refractivity contribution in [3.63, 3.8) is 0 Å². The number of Topliss-reactive ketones (excluding diaryl/α,β-unsaturated/α-hetero) is 2. The van der Waals surface area contributed by atoms with Gasteiger partial charge in [-0.2, -0.15) is 0 Å². The molecule has 4 heterocycles. The number of carboxylic acids is 3. The van der Waals surface area contributed by atoms with Crippen LogP contribution in [0.1, 0.15) is 52.2 Å². The largest absolute Gasteiger partial charge is 0.478 e. The lowest BCUT2D eigenvalue weighted by Gasteiger charge is -2.16. The number of nitrogens with zero attached hydrogens (tertiary/aromatic N) is 2. The van der Waals surface area contributed by atoms with E-state index < -0.39 is 52.1 Å². The van der Waals surface area contributed by atoms with E-state index in [-0.39, 0.29) is 16.8 Å². The van der Waals surface area contributed by atoms with Gasteiger partial charge in [-0.05, 0) is 30.3 Å². The number of hydrogen-bond acceptors (Lipinski definition) is 7. The molecule has 0 radical (unpaired) electrons. The topological polar surface area (TPSA) is 203 Å². The predicted molar refractivity (Wildman–Crippen MR) is 127 cm³/mol. The van der Waals surface area contributed by atoms with Gasteiger partial charge in [-0.1, -0.05) is 12.1 Å². The molecule has 0 aliphatic heterocycles. The van der Waals surface area contributed by atoms with E-state index in [4.69, 9.17) is 10.2 Å². The average Bonchev–Trinajstić information content (AvgIpc) is 3.55. The minimum Gasteiger partial charge on any atom is -0.478 e. The van der Waals surface area contributed by atoms with Crippen LogP contribution >= 0.6 is 0 Å². The average molecular weight is 498 g/mol. The van der Waals surface area contributed by atoms with Gasteiger partial charge in [0.25, 0.3) is 5.78 Å². The van der Waals surface area contributed by atoms with Crippen LogP contribution in [0.3, 0.4) is 0 Å². The van der Waals surface area contributed by atoms with E-state index in [0.29, 0.717) is 0 Å². The summed E-state index contributed by atoms with van der Waals surface area (Å²) < 4.78 is 0. The number of fused-ring (bicyclic) bond motifs is 6. The van der Waals surface area contributed by atoms with E-state index >= 15 is 0 Å². The van der Waals surface area contributed by atoms with Crippen molar-refractivity contribution in [2.24, 2.45) is 0 Å². The third kappa shape index (κ3) is 3.78. The van der Waals surface area contributed by atoms with E-state index in [9.17, 15) is 29.1 Å². The Morgan fingerprint density at radius 1 is 0.865 bits per heavy atom. The molecule has 0 bridgehead atoms. The summed E-state index contributed by atoms with van der Waals surface area (Å²) in [6, 6.07) is 11.9. The van der Waals surface area contributed by atoms with Crippen LogP contribution in [0.25, 0.3) is 33.1 Å². The zero-order chi connectivity index (χ0) is 26.4.